The Morgan fingerprint density at radius 3 is 2.79 bits per heavy atom. The number of thiophene rings is 1. The van der Waals surface area contributed by atoms with Crippen molar-refractivity contribution in [1.29, 1.82) is 0 Å². The van der Waals surface area contributed by atoms with Crippen molar-refractivity contribution < 1.29 is 13.2 Å². The number of likely N-dealkylation sites (N-methyl/N-ethyl adjacent to an activating group) is 1. The molecule has 0 atom stereocenters. The molecular weight excluding hydrogens is 470 g/mol. The molecule has 0 radical (unpaired) electrons. The Balaban J connectivity index is 1.44. The van der Waals surface area contributed by atoms with Crippen molar-refractivity contribution in [3.05, 3.63) is 58.2 Å². The minimum absolute atomic E-state index is 0.172. The van der Waals surface area contributed by atoms with Gasteiger partial charge in [0.1, 0.15) is 4.21 Å². The molecule has 1 aliphatic carbocycles. The largest absolute Gasteiger partial charge is 0.388 e. The van der Waals surface area contributed by atoms with Crippen molar-refractivity contribution in [2.45, 2.75) is 36.4 Å². The van der Waals surface area contributed by atoms with Crippen molar-refractivity contribution >= 4 is 38.8 Å². The Labute approximate surface area is 203 Å². The number of pyridine rings is 1. The summed E-state index contributed by atoms with van der Waals surface area (Å²) in [6, 6.07) is 6.84. The summed E-state index contributed by atoms with van der Waals surface area (Å²) >= 11 is 1.24. The number of aromatic nitrogens is 1. The second kappa shape index (κ2) is 9.01. The number of nitrogens with zero attached hydrogens (tertiary/aromatic N) is 2. The Kier molecular flexibility index (Phi) is 6.05. The first-order chi connectivity index (χ1) is 16.4. The van der Waals surface area contributed by atoms with Gasteiger partial charge in [0, 0.05) is 54.2 Å². The van der Waals surface area contributed by atoms with Gasteiger partial charge in [-0.2, -0.15) is 0 Å². The summed E-state index contributed by atoms with van der Waals surface area (Å²) in [7, 11) is -0.140. The third-order valence-electron chi connectivity index (χ3n) is 6.43. The Bertz CT molecular complexity index is 1370. The average Bonchev–Trinajstić information content (AvgIpc) is 3.46. The van der Waals surface area contributed by atoms with Crippen LogP contribution in [0.1, 0.15) is 28.0 Å². The summed E-state index contributed by atoms with van der Waals surface area (Å²) in [6.45, 7) is 1.61. The maximum Gasteiger partial charge on any atom is 0.333 e. The lowest BCUT2D eigenvalue weighted by Gasteiger charge is -2.21. The smallest absolute Gasteiger partial charge is 0.333 e. The van der Waals surface area contributed by atoms with Crippen LogP contribution in [0.15, 0.2) is 40.9 Å². The number of amides is 2. The molecular formula is C24H27N5O3S2. The molecule has 2 amide bonds. The molecule has 0 saturated carbocycles. The summed E-state index contributed by atoms with van der Waals surface area (Å²) < 4.78 is 28.5. The van der Waals surface area contributed by atoms with Gasteiger partial charge in [-0.25, -0.2) is 17.9 Å². The van der Waals surface area contributed by atoms with Crippen LogP contribution >= 0.6 is 11.3 Å². The third-order valence-corrected chi connectivity index (χ3v) is 9.47. The van der Waals surface area contributed by atoms with Crippen molar-refractivity contribution in [3.63, 3.8) is 0 Å². The lowest BCUT2D eigenvalue weighted by atomic mass is 9.97. The summed E-state index contributed by atoms with van der Waals surface area (Å²) in [5, 5.41) is 6.03. The molecule has 3 N–H and O–H groups in total. The van der Waals surface area contributed by atoms with Crippen LogP contribution in [0.25, 0.3) is 11.1 Å². The van der Waals surface area contributed by atoms with E-state index >= 15 is 0 Å². The van der Waals surface area contributed by atoms with Crippen LogP contribution in [0.3, 0.4) is 0 Å². The molecule has 5 rings (SSSR count). The number of nitrogens with one attached hydrogen (secondary N) is 3. The second-order valence-electron chi connectivity index (χ2n) is 8.71. The van der Waals surface area contributed by atoms with Crippen molar-refractivity contribution in [3.8, 4) is 11.1 Å². The van der Waals surface area contributed by atoms with Crippen LogP contribution in [-0.4, -0.2) is 45.0 Å². The molecule has 0 bridgehead atoms. The first kappa shape index (κ1) is 22.8. The van der Waals surface area contributed by atoms with Crippen LogP contribution in [0.5, 0.6) is 0 Å². The maximum absolute atomic E-state index is 13.0. The van der Waals surface area contributed by atoms with Gasteiger partial charge in [0.25, 0.3) is 10.0 Å². The summed E-state index contributed by atoms with van der Waals surface area (Å²) in [4.78, 5) is 20.5. The highest BCUT2D eigenvalue weighted by Crippen LogP contribution is 2.40. The van der Waals surface area contributed by atoms with E-state index in [4.69, 9.17) is 0 Å². The first-order valence-electron chi connectivity index (χ1n) is 11.3. The van der Waals surface area contributed by atoms with Gasteiger partial charge in [0.2, 0.25) is 0 Å². The fourth-order valence-corrected chi connectivity index (χ4v) is 7.20. The van der Waals surface area contributed by atoms with Crippen LogP contribution in [0.4, 0.5) is 16.2 Å². The molecule has 0 unspecified atom stereocenters. The van der Waals surface area contributed by atoms with Gasteiger partial charge in [0.05, 0.1) is 5.69 Å². The average molecular weight is 498 g/mol. The van der Waals surface area contributed by atoms with Gasteiger partial charge in [-0.15, -0.1) is 11.3 Å². The summed E-state index contributed by atoms with van der Waals surface area (Å²) in [5.74, 6) is 0. The number of anilines is 2. The fraction of sp³-hybridized carbons (Fsp3) is 0.333. The minimum Gasteiger partial charge on any atom is -0.388 e. The van der Waals surface area contributed by atoms with E-state index in [1.54, 1.807) is 18.5 Å². The zero-order valence-corrected chi connectivity index (χ0v) is 20.8. The van der Waals surface area contributed by atoms with Crippen LogP contribution in [0.2, 0.25) is 0 Å². The van der Waals surface area contributed by atoms with Gasteiger partial charge in [-0.05, 0) is 61.6 Å². The number of sulfonamides is 1. The third kappa shape index (κ3) is 4.28. The van der Waals surface area contributed by atoms with Crippen LogP contribution in [-0.2, 0) is 35.8 Å². The topological polar surface area (TPSA) is 103 Å². The molecule has 1 aliphatic heterocycles. The lowest BCUT2D eigenvalue weighted by Crippen LogP contribution is -2.34. The second-order valence-corrected chi connectivity index (χ2v) is 11.8. The Hall–Kier alpha value is -2.95. The molecule has 178 valence electrons. The zero-order valence-electron chi connectivity index (χ0n) is 19.1. The standard InChI is InChI=1S/C24H27N5O3S2/c1-25-20-8-10-26-13-19(20)18-7-6-15-4-3-5-17(15)23(18)27-24(30)28-34(31,32)22-12-16-14-29(2)11-9-21(16)33-22/h6-8,10,12-13H,3-5,9,11,14H2,1-2H3,(H,25,26)(H2,27,28,30). The number of fused-ring (bicyclic) bond motifs is 2. The molecule has 3 aromatic rings. The summed E-state index contributed by atoms with van der Waals surface area (Å²) in [6.07, 6.45) is 7.02. The van der Waals surface area contributed by atoms with E-state index in [-0.39, 0.29) is 4.21 Å². The summed E-state index contributed by atoms with van der Waals surface area (Å²) in [5.41, 5.74) is 6.39. The van der Waals surface area contributed by atoms with E-state index in [1.165, 1.54) is 16.9 Å². The molecule has 2 aromatic heterocycles. The first-order valence-corrected chi connectivity index (χ1v) is 13.6. The van der Waals surface area contributed by atoms with Crippen LogP contribution in [0, 0.1) is 0 Å². The lowest BCUT2D eigenvalue weighted by molar-refractivity contribution is 0.256. The van der Waals surface area contributed by atoms with E-state index in [1.807, 2.05) is 26.2 Å². The highest BCUT2D eigenvalue weighted by atomic mass is 32.2. The number of benzene rings is 1. The molecule has 8 nitrogen and oxygen atoms in total. The Morgan fingerprint density at radius 2 is 1.97 bits per heavy atom. The van der Waals surface area contributed by atoms with Gasteiger partial charge < -0.3 is 15.5 Å². The predicted molar refractivity (Wildman–Crippen MR) is 135 cm³/mol. The molecule has 34 heavy (non-hydrogen) atoms. The van der Waals surface area contributed by atoms with Gasteiger partial charge in [-0.3, -0.25) is 4.98 Å². The minimum atomic E-state index is -3.98. The normalized spacial score (nSPS) is 15.5. The van der Waals surface area contributed by atoms with E-state index < -0.39 is 16.1 Å². The monoisotopic (exact) mass is 497 g/mol. The number of hydrogen-bond acceptors (Lipinski definition) is 7. The van der Waals surface area contributed by atoms with Gasteiger partial charge in [0.15, 0.2) is 0 Å². The fourth-order valence-electron chi connectivity index (χ4n) is 4.75. The van der Waals surface area contributed by atoms with E-state index in [0.29, 0.717) is 12.2 Å². The van der Waals surface area contributed by atoms with Crippen molar-refractivity contribution in [2.24, 2.45) is 0 Å². The predicted octanol–water partition coefficient (Wildman–Crippen LogP) is 3.84. The molecule has 10 heteroatoms. The van der Waals surface area contributed by atoms with E-state index in [9.17, 15) is 13.2 Å². The number of urea groups is 1. The van der Waals surface area contributed by atoms with Crippen molar-refractivity contribution in [2.75, 3.05) is 31.3 Å². The number of rotatable bonds is 5. The molecule has 3 heterocycles. The molecule has 0 spiro atoms. The zero-order chi connectivity index (χ0) is 23.9. The Morgan fingerprint density at radius 1 is 1.12 bits per heavy atom. The SMILES string of the molecule is CNc1ccncc1-c1ccc2c(c1NC(=O)NS(=O)(=O)c1cc3c(s1)CCN(C)C3)CCC2. The van der Waals surface area contributed by atoms with E-state index in [0.717, 1.165) is 65.0 Å². The number of carbonyl (C=O) groups is 1. The highest BCUT2D eigenvalue weighted by Gasteiger charge is 2.27. The molecule has 0 fully saturated rings. The number of carbonyl (C=O) groups excluding carboxylic acids is 1. The van der Waals surface area contributed by atoms with Crippen LogP contribution < -0.4 is 15.4 Å². The molecule has 2 aliphatic rings. The maximum atomic E-state index is 13.0. The molecule has 0 saturated heterocycles. The van der Waals surface area contributed by atoms with E-state index in [2.05, 4.69) is 31.3 Å². The quantitative estimate of drug-likeness (QED) is 0.495. The van der Waals surface area contributed by atoms with Gasteiger partial charge >= 0.3 is 6.03 Å². The number of hydrogen-bond donors (Lipinski definition) is 3. The van der Waals surface area contributed by atoms with Crippen molar-refractivity contribution in [1.82, 2.24) is 14.6 Å². The molecule has 1 aromatic carbocycles. The number of aryl methyl sites for hydroxylation is 1. The highest BCUT2D eigenvalue weighted by molar-refractivity contribution is 7.92. The van der Waals surface area contributed by atoms with Gasteiger partial charge in [-0.1, -0.05) is 12.1 Å².